The molecule has 0 heterocycles. The van der Waals surface area contributed by atoms with Gasteiger partial charge in [-0.15, -0.1) is 0 Å². The molecule has 1 unspecified atom stereocenters. The Bertz CT molecular complexity index is 60.1. The predicted molar refractivity (Wildman–Crippen MR) is 41.2 cm³/mol. The zero-order valence-corrected chi connectivity index (χ0v) is 7.92. The SMILES string of the molecule is C1CCC1.F[B-](F)(F)F.[PH4+]. The Kier molecular flexibility index (Phi) is 7.66. The van der Waals surface area contributed by atoms with Crippen molar-refractivity contribution in [1.82, 2.24) is 0 Å². The second-order valence-electron chi connectivity index (χ2n) is 1.91. The van der Waals surface area contributed by atoms with Gasteiger partial charge < -0.3 is 17.3 Å². The van der Waals surface area contributed by atoms with E-state index < -0.39 is 7.25 Å². The minimum absolute atomic E-state index is 0. The molecule has 64 valence electrons. The quantitative estimate of drug-likeness (QED) is 0.303. The van der Waals surface area contributed by atoms with Crippen LogP contribution < -0.4 is 0 Å². The van der Waals surface area contributed by atoms with E-state index in [1.165, 1.54) is 25.7 Å². The van der Waals surface area contributed by atoms with E-state index in [0.29, 0.717) is 0 Å². The van der Waals surface area contributed by atoms with Crippen molar-refractivity contribution in [3.63, 3.8) is 0 Å². The van der Waals surface area contributed by atoms with E-state index in [1.807, 2.05) is 0 Å². The van der Waals surface area contributed by atoms with Gasteiger partial charge in [0.05, 0.1) is 0 Å². The molecule has 1 aliphatic rings. The van der Waals surface area contributed by atoms with Crippen LogP contribution in [0, 0.1) is 0 Å². The summed E-state index contributed by atoms with van der Waals surface area (Å²) in [6, 6.07) is 0. The van der Waals surface area contributed by atoms with Crippen LogP contribution in [0.3, 0.4) is 0 Å². The van der Waals surface area contributed by atoms with Gasteiger partial charge >= 0.3 is 7.25 Å². The van der Waals surface area contributed by atoms with Gasteiger partial charge in [0, 0.05) is 0 Å². The molecule has 1 rings (SSSR count). The second kappa shape index (κ2) is 5.96. The molecule has 0 spiro atoms. The molecule has 0 saturated heterocycles. The molecule has 0 aromatic rings. The van der Waals surface area contributed by atoms with Crippen molar-refractivity contribution in [1.29, 1.82) is 0 Å². The first kappa shape index (κ1) is 12.9. The van der Waals surface area contributed by atoms with Gasteiger partial charge in [0.25, 0.3) is 0 Å². The van der Waals surface area contributed by atoms with Crippen molar-refractivity contribution in [3.8, 4) is 0 Å². The third-order valence-corrected chi connectivity index (χ3v) is 1.000. The van der Waals surface area contributed by atoms with Crippen LogP contribution in [-0.4, -0.2) is 7.25 Å². The number of hydrogen-bond acceptors (Lipinski definition) is 0. The Morgan fingerprint density at radius 1 is 0.700 bits per heavy atom. The van der Waals surface area contributed by atoms with Crippen molar-refractivity contribution in [2.45, 2.75) is 25.7 Å². The fraction of sp³-hybridized carbons (Fsp3) is 1.00. The normalized spacial score (nSPS) is 15.6. The molecule has 0 aromatic heterocycles. The number of rotatable bonds is 0. The molecule has 0 N–H and O–H groups in total. The lowest BCUT2D eigenvalue weighted by Crippen LogP contribution is -2.02. The number of hydrogen-bond donors (Lipinski definition) is 0. The largest absolute Gasteiger partial charge is 0.673 e. The lowest BCUT2D eigenvalue weighted by atomic mass is 10.0. The minimum atomic E-state index is -6.00. The predicted octanol–water partition coefficient (Wildman–Crippen LogP) is 2.65. The van der Waals surface area contributed by atoms with Gasteiger partial charge in [-0.3, -0.25) is 0 Å². The molecular formula is C4H12BF4P. The van der Waals surface area contributed by atoms with Crippen molar-refractivity contribution >= 4 is 17.2 Å². The highest BCUT2D eigenvalue weighted by atomic mass is 31.0. The highest BCUT2D eigenvalue weighted by Crippen LogP contribution is 2.15. The van der Waals surface area contributed by atoms with Crippen LogP contribution >= 0.6 is 9.90 Å². The average molecular weight is 178 g/mol. The van der Waals surface area contributed by atoms with Crippen LogP contribution in [0.4, 0.5) is 17.3 Å². The van der Waals surface area contributed by atoms with E-state index in [2.05, 4.69) is 0 Å². The summed E-state index contributed by atoms with van der Waals surface area (Å²) in [6.45, 7) is 0. The maximum absolute atomic E-state index is 9.75. The summed E-state index contributed by atoms with van der Waals surface area (Å²) in [6.07, 6.45) is 6.00. The van der Waals surface area contributed by atoms with Gasteiger partial charge in [-0.2, -0.15) is 0 Å². The first-order valence-corrected chi connectivity index (χ1v) is 2.87. The Morgan fingerprint density at radius 3 is 0.800 bits per heavy atom. The molecular weight excluding hydrogens is 166 g/mol. The van der Waals surface area contributed by atoms with Crippen LogP contribution in [0.15, 0.2) is 0 Å². The molecule has 6 heteroatoms. The van der Waals surface area contributed by atoms with Gasteiger partial charge in [-0.25, -0.2) is 0 Å². The van der Waals surface area contributed by atoms with Crippen LogP contribution in [0.25, 0.3) is 0 Å². The van der Waals surface area contributed by atoms with Crippen molar-refractivity contribution in [2.75, 3.05) is 0 Å². The van der Waals surface area contributed by atoms with Crippen LogP contribution in [0.1, 0.15) is 25.7 Å². The third-order valence-electron chi connectivity index (χ3n) is 1.000. The van der Waals surface area contributed by atoms with E-state index in [0.717, 1.165) is 0 Å². The molecule has 1 atom stereocenters. The zero-order valence-electron chi connectivity index (χ0n) is 5.92. The molecule has 1 fully saturated rings. The summed E-state index contributed by atoms with van der Waals surface area (Å²) in [4.78, 5) is 0. The first-order valence-electron chi connectivity index (χ1n) is 2.87. The fourth-order valence-electron chi connectivity index (χ4n) is 0.250. The fourth-order valence-corrected chi connectivity index (χ4v) is 0.250. The standard InChI is InChI=1S/C4H8.BF4.H3P/c1-2-4-3-1;2-1(3,4)5;/h1-4H2;;1H3/q;-1;/p+1. The van der Waals surface area contributed by atoms with Crippen LogP contribution in [0.5, 0.6) is 0 Å². The van der Waals surface area contributed by atoms with E-state index in [1.54, 1.807) is 0 Å². The van der Waals surface area contributed by atoms with Crippen LogP contribution in [0.2, 0.25) is 0 Å². The lowest BCUT2D eigenvalue weighted by Gasteiger charge is -2.05. The minimum Gasteiger partial charge on any atom is -0.418 e. The third kappa shape index (κ3) is 24.1. The molecule has 0 amide bonds. The van der Waals surface area contributed by atoms with E-state index >= 15 is 0 Å². The van der Waals surface area contributed by atoms with E-state index in [-0.39, 0.29) is 9.90 Å². The Morgan fingerprint density at radius 2 is 0.800 bits per heavy atom. The molecule has 0 aromatic carbocycles. The topological polar surface area (TPSA) is 0 Å². The number of halogens is 4. The van der Waals surface area contributed by atoms with Gasteiger partial charge in [0.2, 0.25) is 0 Å². The molecule has 0 radical (unpaired) electrons. The summed E-state index contributed by atoms with van der Waals surface area (Å²) < 4.78 is 39.0. The van der Waals surface area contributed by atoms with Crippen molar-refractivity contribution in [2.24, 2.45) is 0 Å². The highest BCUT2D eigenvalue weighted by Gasteiger charge is 2.20. The maximum Gasteiger partial charge on any atom is 0.673 e. The molecule has 10 heavy (non-hydrogen) atoms. The summed E-state index contributed by atoms with van der Waals surface area (Å²) >= 11 is 0. The smallest absolute Gasteiger partial charge is 0.418 e. The molecule has 0 bridgehead atoms. The Labute approximate surface area is 61.1 Å². The Balaban J connectivity index is 0. The van der Waals surface area contributed by atoms with Crippen molar-refractivity contribution in [3.05, 3.63) is 0 Å². The average Bonchev–Trinajstić information content (AvgIpc) is 1.12. The molecule has 0 nitrogen and oxygen atoms in total. The van der Waals surface area contributed by atoms with E-state index in [4.69, 9.17) is 0 Å². The molecule has 1 aliphatic carbocycles. The summed E-state index contributed by atoms with van der Waals surface area (Å²) in [7, 11) is -6.00. The zero-order chi connectivity index (χ0) is 7.33. The lowest BCUT2D eigenvalue weighted by molar-refractivity contribution is 0.368. The molecule has 0 aliphatic heterocycles. The maximum atomic E-state index is 9.75. The summed E-state index contributed by atoms with van der Waals surface area (Å²) in [5, 5.41) is 0. The second-order valence-corrected chi connectivity index (χ2v) is 1.91. The van der Waals surface area contributed by atoms with Gasteiger partial charge in [0.15, 0.2) is 0 Å². The summed E-state index contributed by atoms with van der Waals surface area (Å²) in [5.74, 6) is 0. The van der Waals surface area contributed by atoms with Crippen LogP contribution in [-0.2, 0) is 0 Å². The van der Waals surface area contributed by atoms with Gasteiger partial charge in [-0.05, 0) is 9.90 Å². The van der Waals surface area contributed by atoms with Gasteiger partial charge in [0.1, 0.15) is 0 Å². The van der Waals surface area contributed by atoms with E-state index in [9.17, 15) is 17.3 Å². The van der Waals surface area contributed by atoms with Crippen molar-refractivity contribution < 1.29 is 17.3 Å². The monoisotopic (exact) mass is 178 g/mol. The van der Waals surface area contributed by atoms with Gasteiger partial charge in [-0.1, -0.05) is 25.7 Å². The first-order chi connectivity index (χ1) is 4.00. The summed E-state index contributed by atoms with van der Waals surface area (Å²) in [5.41, 5.74) is 0. The molecule has 1 saturated carbocycles. The Hall–Kier alpha value is 0.215. The highest BCUT2D eigenvalue weighted by molar-refractivity contribution is 6.92.